The van der Waals surface area contributed by atoms with Gasteiger partial charge in [0.2, 0.25) is 41.4 Å². The molecular weight excluding hydrogens is 764 g/mol. The molecule has 0 bridgehead atoms. The summed E-state index contributed by atoms with van der Waals surface area (Å²) < 4.78 is 0. The third kappa shape index (κ3) is 22.9. The zero-order valence-electron chi connectivity index (χ0n) is 31.2. The van der Waals surface area contributed by atoms with Gasteiger partial charge >= 0.3 is 23.9 Å². The summed E-state index contributed by atoms with van der Waals surface area (Å²) >= 11 is 0. The van der Waals surface area contributed by atoms with Crippen molar-refractivity contribution in [1.82, 2.24) is 31.9 Å². The van der Waals surface area contributed by atoms with Crippen molar-refractivity contribution in [3.8, 4) is 0 Å². The number of carbonyl (C=O) groups is 11. The minimum absolute atomic E-state index is 0.0406. The Bertz CT molecular complexity index is 1450. The SMILES string of the molecule is NCCCC[C@H](NC(=O)[C@H](CC(=O)O)NC(=O)[C@H](CC(N)=O)NC(=O)[C@H](CCC(=O)O)NC(=O)CNC(=O)[C@H](CCCCN)NC(=O)[C@@H](N)CCC(=O)O)C(=O)O. The van der Waals surface area contributed by atoms with E-state index >= 15 is 0 Å². The van der Waals surface area contributed by atoms with Crippen molar-refractivity contribution in [1.29, 1.82) is 0 Å². The van der Waals surface area contributed by atoms with Gasteiger partial charge in [0.1, 0.15) is 30.2 Å². The van der Waals surface area contributed by atoms with Crippen LogP contribution in [0.4, 0.5) is 0 Å². The van der Waals surface area contributed by atoms with E-state index in [1.54, 1.807) is 0 Å². The summed E-state index contributed by atoms with van der Waals surface area (Å²) in [5.74, 6) is -13.4. The average molecular weight is 819 g/mol. The summed E-state index contributed by atoms with van der Waals surface area (Å²) in [7, 11) is 0. The molecule has 0 aromatic rings. The third-order valence-electron chi connectivity index (χ3n) is 7.92. The summed E-state index contributed by atoms with van der Waals surface area (Å²) in [5.41, 5.74) is 21.8. The van der Waals surface area contributed by atoms with Crippen molar-refractivity contribution in [3.63, 3.8) is 0 Å². The molecular formula is C32H54N10O15. The molecule has 0 unspecified atom stereocenters. The van der Waals surface area contributed by atoms with Gasteiger partial charge in [0.25, 0.3) is 0 Å². The summed E-state index contributed by atoms with van der Waals surface area (Å²) in [6.45, 7) is -0.341. The number of carbonyl (C=O) groups excluding carboxylic acids is 7. The van der Waals surface area contributed by atoms with E-state index in [1.165, 1.54) is 0 Å². The number of nitrogens with two attached hydrogens (primary N) is 4. The lowest BCUT2D eigenvalue weighted by atomic mass is 10.1. The molecule has 0 aliphatic heterocycles. The highest BCUT2D eigenvalue weighted by Crippen LogP contribution is 2.07. The van der Waals surface area contributed by atoms with Crippen molar-refractivity contribution in [2.24, 2.45) is 22.9 Å². The summed E-state index contributed by atoms with van der Waals surface area (Å²) in [6, 6.07) is -9.59. The number of unbranched alkanes of at least 4 members (excludes halogenated alkanes) is 2. The van der Waals surface area contributed by atoms with Gasteiger partial charge in [-0.3, -0.25) is 47.9 Å². The molecule has 0 aliphatic carbocycles. The van der Waals surface area contributed by atoms with Gasteiger partial charge in [-0.1, -0.05) is 0 Å². The average Bonchev–Trinajstić information content (AvgIpc) is 3.12. The molecule has 0 spiro atoms. The molecule has 7 amide bonds. The molecule has 0 radical (unpaired) electrons. The molecule has 57 heavy (non-hydrogen) atoms. The zero-order chi connectivity index (χ0) is 43.7. The van der Waals surface area contributed by atoms with Crippen molar-refractivity contribution < 1.29 is 73.2 Å². The quantitative estimate of drug-likeness (QED) is 0.0290. The van der Waals surface area contributed by atoms with Crippen LogP contribution in [0.15, 0.2) is 0 Å². The molecule has 18 N–H and O–H groups in total. The summed E-state index contributed by atoms with van der Waals surface area (Å²) in [4.78, 5) is 135. The minimum atomic E-state index is -1.93. The Hall–Kier alpha value is -5.95. The maximum Gasteiger partial charge on any atom is 0.326 e. The van der Waals surface area contributed by atoms with E-state index in [1.807, 2.05) is 5.32 Å². The number of rotatable bonds is 31. The van der Waals surface area contributed by atoms with Crippen LogP contribution in [-0.4, -0.2) is 142 Å². The first kappa shape index (κ1) is 51.0. The van der Waals surface area contributed by atoms with Gasteiger partial charge in [-0.2, -0.15) is 0 Å². The standard InChI is InChI=1S/C32H54N10O15/c33-11-3-1-5-17(39-27(51)16(35)7-9-24(45)46)28(52)37-15-23(44)38-18(8-10-25(47)48)29(53)41-20(13-22(36)43)30(54)42-21(14-26(49)50)31(55)40-19(32(56)57)6-2-4-12-34/h16-21H,1-15,33-35H2,(H2,36,43)(H,37,52)(H,38,44)(H,39,51)(H,40,55)(H,41,53)(H,42,54)(H,45,46)(H,47,48)(H,49,50)(H,56,57)/t16-,17-,18-,19-,20-,21-/m0/s1. The van der Waals surface area contributed by atoms with E-state index in [0.717, 1.165) is 0 Å². The van der Waals surface area contributed by atoms with E-state index in [-0.39, 0.29) is 38.8 Å². The molecule has 0 aromatic carbocycles. The van der Waals surface area contributed by atoms with Crippen LogP contribution >= 0.6 is 0 Å². The first-order chi connectivity index (χ1) is 26.7. The van der Waals surface area contributed by atoms with Gasteiger partial charge in [0.05, 0.1) is 25.4 Å². The van der Waals surface area contributed by atoms with E-state index in [4.69, 9.17) is 28.0 Å². The number of primary amides is 1. The topological polar surface area (TPSA) is 445 Å². The van der Waals surface area contributed by atoms with Crippen molar-refractivity contribution in [2.75, 3.05) is 19.6 Å². The molecule has 0 saturated carbocycles. The number of hydrogen-bond donors (Lipinski definition) is 14. The molecule has 0 aromatic heterocycles. The molecule has 6 atom stereocenters. The van der Waals surface area contributed by atoms with Crippen LogP contribution in [0.1, 0.15) is 77.0 Å². The fraction of sp³-hybridized carbons (Fsp3) is 0.656. The Balaban J connectivity index is 5.98. The van der Waals surface area contributed by atoms with Crippen molar-refractivity contribution in [2.45, 2.75) is 113 Å². The molecule has 0 fully saturated rings. The number of nitrogens with one attached hydrogen (secondary N) is 6. The Morgan fingerprint density at radius 3 is 1.39 bits per heavy atom. The predicted molar refractivity (Wildman–Crippen MR) is 194 cm³/mol. The second kappa shape index (κ2) is 27.6. The monoisotopic (exact) mass is 818 g/mol. The van der Waals surface area contributed by atoms with Crippen LogP contribution < -0.4 is 54.8 Å². The van der Waals surface area contributed by atoms with Gasteiger partial charge in [0, 0.05) is 12.8 Å². The lowest BCUT2D eigenvalue weighted by Crippen LogP contribution is -2.59. The lowest BCUT2D eigenvalue weighted by molar-refractivity contribution is -0.144. The fourth-order valence-electron chi connectivity index (χ4n) is 4.88. The molecule has 0 saturated heterocycles. The second-order valence-corrected chi connectivity index (χ2v) is 12.7. The molecule has 25 heteroatoms. The molecule has 0 aliphatic rings. The fourth-order valence-corrected chi connectivity index (χ4v) is 4.88. The first-order valence-corrected chi connectivity index (χ1v) is 17.8. The van der Waals surface area contributed by atoms with Crippen LogP contribution in [0.5, 0.6) is 0 Å². The molecule has 0 heterocycles. The van der Waals surface area contributed by atoms with Crippen molar-refractivity contribution >= 4 is 65.2 Å². The molecule has 25 nitrogen and oxygen atoms in total. The lowest BCUT2D eigenvalue weighted by Gasteiger charge is -2.25. The summed E-state index contributed by atoms with van der Waals surface area (Å²) in [6.07, 6.45) is -2.52. The molecule has 322 valence electrons. The van der Waals surface area contributed by atoms with E-state index in [9.17, 15) is 68.1 Å². The second-order valence-electron chi connectivity index (χ2n) is 12.7. The first-order valence-electron chi connectivity index (χ1n) is 17.8. The maximum atomic E-state index is 13.3. The van der Waals surface area contributed by atoms with Gasteiger partial charge in [-0.15, -0.1) is 0 Å². The van der Waals surface area contributed by atoms with E-state index < -0.39 is 140 Å². The highest BCUT2D eigenvalue weighted by atomic mass is 16.4. The normalized spacial score (nSPS) is 13.9. The Morgan fingerprint density at radius 2 is 0.912 bits per heavy atom. The number of amides is 7. The number of carboxylic acids is 4. The summed E-state index contributed by atoms with van der Waals surface area (Å²) in [5, 5.41) is 49.9. The minimum Gasteiger partial charge on any atom is -0.481 e. The number of hydrogen-bond acceptors (Lipinski definition) is 14. The highest BCUT2D eigenvalue weighted by Gasteiger charge is 2.33. The van der Waals surface area contributed by atoms with Crippen molar-refractivity contribution in [3.05, 3.63) is 0 Å². The van der Waals surface area contributed by atoms with E-state index in [0.29, 0.717) is 19.3 Å². The predicted octanol–water partition coefficient (Wildman–Crippen LogP) is -5.72. The van der Waals surface area contributed by atoms with Crippen LogP contribution in [-0.2, 0) is 52.7 Å². The number of aliphatic carboxylic acids is 4. The van der Waals surface area contributed by atoms with Crippen LogP contribution in [0.25, 0.3) is 0 Å². The Labute approximate surface area is 326 Å². The Morgan fingerprint density at radius 1 is 0.474 bits per heavy atom. The van der Waals surface area contributed by atoms with Gasteiger partial charge < -0.3 is 75.3 Å². The van der Waals surface area contributed by atoms with Crippen LogP contribution in [0.3, 0.4) is 0 Å². The largest absolute Gasteiger partial charge is 0.481 e. The van der Waals surface area contributed by atoms with E-state index in [2.05, 4.69) is 26.6 Å². The van der Waals surface area contributed by atoms with Gasteiger partial charge in [-0.05, 0) is 64.5 Å². The third-order valence-corrected chi connectivity index (χ3v) is 7.92. The highest BCUT2D eigenvalue weighted by molar-refractivity contribution is 5.98. The van der Waals surface area contributed by atoms with Crippen LogP contribution in [0, 0.1) is 0 Å². The van der Waals surface area contributed by atoms with Gasteiger partial charge in [0.15, 0.2) is 0 Å². The van der Waals surface area contributed by atoms with Gasteiger partial charge in [-0.25, -0.2) is 4.79 Å². The Kier molecular flexibility index (Phi) is 24.7. The molecule has 0 rings (SSSR count). The maximum absolute atomic E-state index is 13.3. The number of carboxylic acid groups (broad SMARTS) is 4. The van der Waals surface area contributed by atoms with Crippen LogP contribution in [0.2, 0.25) is 0 Å². The zero-order valence-corrected chi connectivity index (χ0v) is 31.2. The smallest absolute Gasteiger partial charge is 0.326 e.